The molecule has 0 bridgehead atoms. The lowest BCUT2D eigenvalue weighted by atomic mass is 10.2. The van der Waals surface area contributed by atoms with Gasteiger partial charge in [0.25, 0.3) is 0 Å². The van der Waals surface area contributed by atoms with Gasteiger partial charge in [-0.3, -0.25) is 0 Å². The van der Waals surface area contributed by atoms with Crippen molar-refractivity contribution in [3.63, 3.8) is 0 Å². The van der Waals surface area contributed by atoms with Crippen LogP contribution >= 0.6 is 11.6 Å². The van der Waals surface area contributed by atoms with Crippen LogP contribution in [-0.4, -0.2) is 4.98 Å². The van der Waals surface area contributed by atoms with Gasteiger partial charge in [-0.2, -0.15) is 13.2 Å². The van der Waals surface area contributed by atoms with Crippen molar-refractivity contribution < 1.29 is 17.9 Å². The lowest BCUT2D eigenvalue weighted by molar-refractivity contribution is -0.137. The van der Waals surface area contributed by atoms with E-state index in [1.165, 1.54) is 18.3 Å². The van der Waals surface area contributed by atoms with Crippen molar-refractivity contribution in [2.45, 2.75) is 12.8 Å². The number of hydrogen-bond donors (Lipinski definition) is 0. The van der Waals surface area contributed by atoms with Crippen LogP contribution in [0, 0.1) is 0 Å². The molecule has 1 aromatic heterocycles. The molecule has 100 valence electrons. The summed E-state index contributed by atoms with van der Waals surface area (Å²) in [6, 6.07) is 8.00. The zero-order chi connectivity index (χ0) is 13.9. The maximum Gasteiger partial charge on any atom is 0.416 e. The maximum atomic E-state index is 12.5. The molecule has 1 aromatic carbocycles. The fourth-order valence-electron chi connectivity index (χ4n) is 1.46. The summed E-state index contributed by atoms with van der Waals surface area (Å²) < 4.78 is 42.8. The molecule has 19 heavy (non-hydrogen) atoms. The molecule has 0 aliphatic heterocycles. The predicted octanol–water partition coefficient (Wildman–Crippen LogP) is 4.33. The molecule has 0 aliphatic rings. The summed E-state index contributed by atoms with van der Waals surface area (Å²) in [6.45, 7) is 0.129. The first-order valence-corrected chi connectivity index (χ1v) is 5.73. The molecule has 0 saturated heterocycles. The Balaban J connectivity index is 2.08. The molecule has 0 spiro atoms. The molecule has 0 amide bonds. The Bertz CT molecular complexity index is 572. The molecule has 6 heteroatoms. The lowest BCUT2D eigenvalue weighted by Crippen LogP contribution is -2.05. The summed E-state index contributed by atoms with van der Waals surface area (Å²) in [6.07, 6.45) is -2.87. The smallest absolute Gasteiger partial charge is 0.416 e. The fraction of sp³-hybridized carbons (Fsp3) is 0.154. The van der Waals surface area contributed by atoms with Gasteiger partial charge in [-0.1, -0.05) is 17.7 Å². The summed E-state index contributed by atoms with van der Waals surface area (Å²) in [4.78, 5) is 3.80. The first kappa shape index (κ1) is 13.7. The average Bonchev–Trinajstić information content (AvgIpc) is 2.36. The van der Waals surface area contributed by atoms with E-state index in [4.69, 9.17) is 16.3 Å². The Hall–Kier alpha value is -1.75. The van der Waals surface area contributed by atoms with Crippen LogP contribution in [0.4, 0.5) is 13.2 Å². The van der Waals surface area contributed by atoms with Crippen molar-refractivity contribution in [3.05, 3.63) is 58.9 Å². The van der Waals surface area contributed by atoms with E-state index >= 15 is 0 Å². The summed E-state index contributed by atoms with van der Waals surface area (Å²) in [5.41, 5.74) is -0.00447. The van der Waals surface area contributed by atoms with E-state index in [-0.39, 0.29) is 12.4 Å². The molecule has 0 N–H and O–H groups in total. The van der Waals surface area contributed by atoms with Crippen molar-refractivity contribution in [3.8, 4) is 5.75 Å². The number of halogens is 4. The van der Waals surface area contributed by atoms with Crippen molar-refractivity contribution >= 4 is 11.6 Å². The van der Waals surface area contributed by atoms with Crippen LogP contribution in [0.25, 0.3) is 0 Å². The van der Waals surface area contributed by atoms with E-state index in [0.29, 0.717) is 5.15 Å². The Labute approximate surface area is 112 Å². The number of benzene rings is 1. The quantitative estimate of drug-likeness (QED) is 0.784. The highest BCUT2D eigenvalue weighted by Crippen LogP contribution is 2.31. The molecular formula is C13H9ClF3NO. The first-order valence-electron chi connectivity index (χ1n) is 5.35. The summed E-state index contributed by atoms with van der Waals surface area (Å²) in [7, 11) is 0. The van der Waals surface area contributed by atoms with Gasteiger partial charge in [0.1, 0.15) is 17.5 Å². The van der Waals surface area contributed by atoms with Gasteiger partial charge in [-0.15, -0.1) is 0 Å². The van der Waals surface area contributed by atoms with Crippen molar-refractivity contribution in [1.29, 1.82) is 0 Å². The monoisotopic (exact) mass is 287 g/mol. The van der Waals surface area contributed by atoms with Gasteiger partial charge in [-0.25, -0.2) is 4.98 Å². The van der Waals surface area contributed by atoms with Crippen LogP contribution in [0.5, 0.6) is 5.75 Å². The standard InChI is InChI=1S/C13H9ClF3NO/c14-12-6-9(4-5-18-12)8-19-11-3-1-2-10(7-11)13(15,16)17/h1-7H,8H2. The van der Waals surface area contributed by atoms with Crippen molar-refractivity contribution in [2.24, 2.45) is 0 Å². The molecule has 1 heterocycles. The number of alkyl halides is 3. The highest BCUT2D eigenvalue weighted by molar-refractivity contribution is 6.29. The Kier molecular flexibility index (Phi) is 3.95. The number of pyridine rings is 1. The second-order valence-corrected chi connectivity index (χ2v) is 4.19. The zero-order valence-electron chi connectivity index (χ0n) is 9.62. The van der Waals surface area contributed by atoms with Crippen LogP contribution in [0.3, 0.4) is 0 Å². The van der Waals surface area contributed by atoms with Crippen molar-refractivity contribution in [2.75, 3.05) is 0 Å². The van der Waals surface area contributed by atoms with E-state index in [0.717, 1.165) is 17.7 Å². The zero-order valence-corrected chi connectivity index (χ0v) is 10.4. The fourth-order valence-corrected chi connectivity index (χ4v) is 1.66. The molecule has 0 unspecified atom stereocenters. The molecule has 2 rings (SSSR count). The van der Waals surface area contributed by atoms with Crippen LogP contribution in [0.2, 0.25) is 5.15 Å². The van der Waals surface area contributed by atoms with Gasteiger partial charge in [0.05, 0.1) is 5.56 Å². The highest BCUT2D eigenvalue weighted by atomic mass is 35.5. The third-order valence-electron chi connectivity index (χ3n) is 2.36. The number of nitrogens with zero attached hydrogens (tertiary/aromatic N) is 1. The number of rotatable bonds is 3. The normalized spacial score (nSPS) is 11.4. The highest BCUT2D eigenvalue weighted by Gasteiger charge is 2.30. The van der Waals surface area contributed by atoms with Crippen LogP contribution in [0.1, 0.15) is 11.1 Å². The molecule has 0 radical (unpaired) electrons. The van der Waals surface area contributed by atoms with E-state index in [1.54, 1.807) is 12.1 Å². The molecule has 0 fully saturated rings. The van der Waals surface area contributed by atoms with E-state index in [2.05, 4.69) is 4.98 Å². The van der Waals surface area contributed by atoms with Gasteiger partial charge in [0.2, 0.25) is 0 Å². The Morgan fingerprint density at radius 3 is 2.63 bits per heavy atom. The molecule has 2 nitrogen and oxygen atoms in total. The number of hydrogen-bond acceptors (Lipinski definition) is 2. The lowest BCUT2D eigenvalue weighted by Gasteiger charge is -2.10. The SMILES string of the molecule is FC(F)(F)c1cccc(OCc2ccnc(Cl)c2)c1. The topological polar surface area (TPSA) is 22.1 Å². The second-order valence-electron chi connectivity index (χ2n) is 3.80. The van der Waals surface area contributed by atoms with E-state index in [1.807, 2.05) is 0 Å². The van der Waals surface area contributed by atoms with Crippen LogP contribution < -0.4 is 4.74 Å². The minimum atomic E-state index is -4.38. The summed E-state index contributed by atoms with van der Waals surface area (Å²) in [5, 5.41) is 0.310. The largest absolute Gasteiger partial charge is 0.489 e. The van der Waals surface area contributed by atoms with Gasteiger partial charge >= 0.3 is 6.18 Å². The maximum absolute atomic E-state index is 12.5. The van der Waals surface area contributed by atoms with Gasteiger partial charge < -0.3 is 4.74 Å². The third kappa shape index (κ3) is 3.86. The molecule has 0 aliphatic carbocycles. The number of ether oxygens (including phenoxy) is 1. The minimum Gasteiger partial charge on any atom is -0.489 e. The van der Waals surface area contributed by atoms with E-state index in [9.17, 15) is 13.2 Å². The first-order chi connectivity index (χ1) is 8.95. The second kappa shape index (κ2) is 5.48. The van der Waals surface area contributed by atoms with Crippen LogP contribution in [0.15, 0.2) is 42.6 Å². The minimum absolute atomic E-state index is 0.129. The predicted molar refractivity (Wildman–Crippen MR) is 65.0 cm³/mol. The third-order valence-corrected chi connectivity index (χ3v) is 2.56. The van der Waals surface area contributed by atoms with Gasteiger partial charge in [0.15, 0.2) is 0 Å². The summed E-state index contributed by atoms with van der Waals surface area (Å²) in [5.74, 6) is 0.155. The average molecular weight is 288 g/mol. The molecule has 0 atom stereocenters. The molecular weight excluding hydrogens is 279 g/mol. The number of aromatic nitrogens is 1. The van der Waals surface area contributed by atoms with Gasteiger partial charge in [-0.05, 0) is 35.9 Å². The van der Waals surface area contributed by atoms with E-state index < -0.39 is 11.7 Å². The van der Waals surface area contributed by atoms with Gasteiger partial charge in [0, 0.05) is 6.20 Å². The Morgan fingerprint density at radius 1 is 1.16 bits per heavy atom. The van der Waals surface area contributed by atoms with Crippen molar-refractivity contribution in [1.82, 2.24) is 4.98 Å². The van der Waals surface area contributed by atoms with Crippen LogP contribution in [-0.2, 0) is 12.8 Å². The summed E-state index contributed by atoms with van der Waals surface area (Å²) >= 11 is 5.70. The molecule has 2 aromatic rings. The Morgan fingerprint density at radius 2 is 1.95 bits per heavy atom. The molecule has 0 saturated carbocycles.